The predicted molar refractivity (Wildman–Crippen MR) is 70.0 cm³/mol. The molecule has 2 heterocycles. The topological polar surface area (TPSA) is 129 Å². The zero-order valence-corrected chi connectivity index (χ0v) is 11.9. The standard InChI is InChI=1S/C13H8N4O3.CH4O/c1-16-2-3-17-9(16)6-20-13-10(17)11(18)7(4-14)8(5-15)12(13)19;1-2/h2-3H,6H2,1H3,(H-,18,19);2H,1H3. The molecule has 0 fully saturated rings. The van der Waals surface area contributed by atoms with Crippen LogP contribution in [0.25, 0.3) is 5.69 Å². The van der Waals surface area contributed by atoms with Crippen molar-refractivity contribution in [2.24, 2.45) is 7.05 Å². The number of rotatable bonds is 0. The van der Waals surface area contributed by atoms with E-state index in [1.165, 1.54) is 0 Å². The summed E-state index contributed by atoms with van der Waals surface area (Å²) in [6.45, 7) is 0.153. The molecule has 0 unspecified atom stereocenters. The Morgan fingerprint density at radius 2 is 1.95 bits per heavy atom. The Morgan fingerprint density at radius 3 is 2.55 bits per heavy atom. The van der Waals surface area contributed by atoms with E-state index in [-0.39, 0.29) is 29.2 Å². The fourth-order valence-electron chi connectivity index (χ4n) is 2.27. The number of hydrogen-bond donors (Lipinski definition) is 2. The number of hydrogen-bond acceptors (Lipinski definition) is 6. The number of aliphatic hydroxyl groups is 1. The molecule has 0 bridgehead atoms. The van der Waals surface area contributed by atoms with Gasteiger partial charge in [0.25, 0.3) is 5.82 Å². The Kier molecular flexibility index (Phi) is 3.89. The number of aromatic hydroxyl groups is 1. The fraction of sp³-hybridized carbons (Fsp3) is 0.214. The van der Waals surface area contributed by atoms with Gasteiger partial charge in [0, 0.05) is 7.11 Å². The zero-order valence-electron chi connectivity index (χ0n) is 11.9. The van der Waals surface area contributed by atoms with Gasteiger partial charge in [-0.25, -0.2) is 4.57 Å². The number of aromatic nitrogens is 2. The van der Waals surface area contributed by atoms with Crippen molar-refractivity contribution < 1.29 is 24.6 Å². The number of nitrogens with zero attached hydrogens (tertiary/aromatic N) is 4. The third-order valence-corrected chi connectivity index (χ3v) is 3.29. The van der Waals surface area contributed by atoms with Crippen molar-refractivity contribution in [1.82, 2.24) is 4.57 Å². The third-order valence-electron chi connectivity index (χ3n) is 3.29. The van der Waals surface area contributed by atoms with Gasteiger partial charge in [0.15, 0.2) is 18.0 Å². The Labute approximate surface area is 125 Å². The molecule has 8 heteroatoms. The van der Waals surface area contributed by atoms with Crippen molar-refractivity contribution in [3.8, 4) is 35.1 Å². The van der Waals surface area contributed by atoms with Gasteiger partial charge in [0.1, 0.15) is 30.1 Å². The molecule has 22 heavy (non-hydrogen) atoms. The molecule has 0 saturated heterocycles. The van der Waals surface area contributed by atoms with Crippen LogP contribution in [0, 0.1) is 22.7 Å². The first-order chi connectivity index (χ1) is 10.6. The van der Waals surface area contributed by atoms with E-state index in [9.17, 15) is 10.2 Å². The first-order valence-corrected chi connectivity index (χ1v) is 6.14. The highest BCUT2D eigenvalue weighted by Gasteiger charge is 2.32. The maximum absolute atomic E-state index is 12.4. The van der Waals surface area contributed by atoms with E-state index in [1.807, 2.05) is 0 Å². The molecule has 0 spiro atoms. The SMILES string of the molecule is CO.C[n+]1ccn2c1COc1c(O)c(C#N)c(C#N)c([O-])c1-2. The van der Waals surface area contributed by atoms with Crippen LogP contribution in [0.1, 0.15) is 17.0 Å². The molecule has 0 radical (unpaired) electrons. The largest absolute Gasteiger partial charge is 0.869 e. The molecule has 1 aliphatic rings. The van der Waals surface area contributed by atoms with Crippen LogP contribution in [-0.2, 0) is 13.7 Å². The number of nitriles is 2. The summed E-state index contributed by atoms with van der Waals surface area (Å²) in [5.74, 6) is -0.466. The predicted octanol–water partition coefficient (Wildman–Crippen LogP) is -0.675. The fourth-order valence-corrected chi connectivity index (χ4v) is 2.27. The number of ether oxygens (including phenoxy) is 1. The second-order valence-corrected chi connectivity index (χ2v) is 4.31. The molecule has 1 aromatic heterocycles. The summed E-state index contributed by atoms with van der Waals surface area (Å²) in [6.07, 6.45) is 3.37. The lowest BCUT2D eigenvalue weighted by molar-refractivity contribution is -0.680. The number of aliphatic hydroxyl groups excluding tert-OH is 1. The molecule has 0 atom stereocenters. The molecule has 8 nitrogen and oxygen atoms in total. The van der Waals surface area contributed by atoms with Crippen molar-refractivity contribution in [2.75, 3.05) is 7.11 Å². The molecular weight excluding hydrogens is 288 g/mol. The highest BCUT2D eigenvalue weighted by molar-refractivity contribution is 5.75. The van der Waals surface area contributed by atoms with E-state index in [4.69, 9.17) is 20.4 Å². The lowest BCUT2D eigenvalue weighted by Gasteiger charge is -2.23. The molecule has 2 N–H and O–H groups in total. The molecule has 1 aromatic carbocycles. The van der Waals surface area contributed by atoms with Crippen molar-refractivity contribution in [1.29, 1.82) is 10.5 Å². The van der Waals surface area contributed by atoms with Gasteiger partial charge in [-0.2, -0.15) is 15.1 Å². The minimum Gasteiger partial charge on any atom is -0.869 e. The Hall–Kier alpha value is -3.23. The lowest BCUT2D eigenvalue weighted by Crippen LogP contribution is -2.34. The van der Waals surface area contributed by atoms with Gasteiger partial charge in [-0.1, -0.05) is 0 Å². The van der Waals surface area contributed by atoms with Crippen molar-refractivity contribution >= 4 is 0 Å². The van der Waals surface area contributed by atoms with Crippen molar-refractivity contribution in [3.63, 3.8) is 0 Å². The first kappa shape index (κ1) is 15.2. The maximum Gasteiger partial charge on any atom is 0.300 e. The summed E-state index contributed by atoms with van der Waals surface area (Å²) in [6, 6.07) is 3.34. The van der Waals surface area contributed by atoms with Gasteiger partial charge < -0.3 is 20.1 Å². The molecular formula is C14H12N4O4. The van der Waals surface area contributed by atoms with Gasteiger partial charge in [-0.3, -0.25) is 0 Å². The maximum atomic E-state index is 12.4. The van der Waals surface area contributed by atoms with Crippen LogP contribution in [0.3, 0.4) is 0 Å². The smallest absolute Gasteiger partial charge is 0.300 e. The minimum atomic E-state index is -0.631. The minimum absolute atomic E-state index is 0.0555. The quantitative estimate of drug-likeness (QED) is 0.620. The third kappa shape index (κ3) is 1.91. The Bertz CT molecular complexity index is 823. The average molecular weight is 300 g/mol. The van der Waals surface area contributed by atoms with Gasteiger partial charge >= 0.3 is 0 Å². The van der Waals surface area contributed by atoms with Crippen LogP contribution in [0.15, 0.2) is 12.4 Å². The summed E-state index contributed by atoms with van der Waals surface area (Å²) < 4.78 is 8.72. The highest BCUT2D eigenvalue weighted by Crippen LogP contribution is 2.45. The normalized spacial score (nSPS) is 11.0. The van der Waals surface area contributed by atoms with Crippen LogP contribution < -0.4 is 14.4 Å². The summed E-state index contributed by atoms with van der Waals surface area (Å²) >= 11 is 0. The van der Waals surface area contributed by atoms with Crippen molar-refractivity contribution in [2.45, 2.75) is 6.61 Å². The van der Waals surface area contributed by atoms with Crippen LogP contribution in [0.2, 0.25) is 0 Å². The van der Waals surface area contributed by atoms with Gasteiger partial charge in [0.2, 0.25) is 5.75 Å². The zero-order chi connectivity index (χ0) is 16.4. The molecule has 112 valence electrons. The van der Waals surface area contributed by atoms with E-state index in [0.717, 1.165) is 7.11 Å². The second-order valence-electron chi connectivity index (χ2n) is 4.31. The van der Waals surface area contributed by atoms with E-state index in [1.54, 1.807) is 40.7 Å². The van der Waals surface area contributed by atoms with Crippen LogP contribution in [-0.4, -0.2) is 21.9 Å². The van der Waals surface area contributed by atoms with E-state index in [0.29, 0.717) is 5.82 Å². The summed E-state index contributed by atoms with van der Waals surface area (Å²) in [4.78, 5) is 0. The molecule has 0 aliphatic carbocycles. The molecule has 0 amide bonds. The van der Waals surface area contributed by atoms with Crippen LogP contribution in [0.5, 0.6) is 17.2 Å². The number of benzene rings is 1. The van der Waals surface area contributed by atoms with E-state index in [2.05, 4.69) is 0 Å². The Balaban J connectivity index is 0.000000847. The second kappa shape index (κ2) is 5.64. The Morgan fingerprint density at radius 1 is 1.32 bits per heavy atom. The number of phenolic OH excluding ortho intramolecular Hbond substituents is 1. The average Bonchev–Trinajstić information content (AvgIpc) is 2.93. The first-order valence-electron chi connectivity index (χ1n) is 6.14. The van der Waals surface area contributed by atoms with Gasteiger partial charge in [-0.05, 0) is 5.75 Å². The van der Waals surface area contributed by atoms with E-state index < -0.39 is 11.5 Å². The highest BCUT2D eigenvalue weighted by atomic mass is 16.5. The van der Waals surface area contributed by atoms with Gasteiger partial charge in [-0.15, -0.1) is 0 Å². The van der Waals surface area contributed by atoms with Crippen molar-refractivity contribution in [3.05, 3.63) is 29.3 Å². The molecule has 2 aromatic rings. The number of phenols is 1. The molecule has 0 saturated carbocycles. The summed E-state index contributed by atoms with van der Waals surface area (Å²) in [5, 5.41) is 47.4. The lowest BCUT2D eigenvalue weighted by atomic mass is 10.0. The van der Waals surface area contributed by atoms with Gasteiger partial charge in [0.05, 0.1) is 12.6 Å². The summed E-state index contributed by atoms with van der Waals surface area (Å²) in [7, 11) is 2.79. The number of aryl methyl sites for hydroxylation is 1. The van der Waals surface area contributed by atoms with Crippen LogP contribution >= 0.6 is 0 Å². The molecule has 3 rings (SSSR count). The monoisotopic (exact) mass is 300 g/mol. The number of imidazole rings is 1. The molecule has 1 aliphatic heterocycles. The van der Waals surface area contributed by atoms with Crippen LogP contribution in [0.4, 0.5) is 0 Å². The number of fused-ring (bicyclic) bond motifs is 3. The van der Waals surface area contributed by atoms with E-state index >= 15 is 0 Å². The summed E-state index contributed by atoms with van der Waals surface area (Å²) in [5.41, 5.74) is -0.673.